The summed E-state index contributed by atoms with van der Waals surface area (Å²) in [5.41, 5.74) is 0.266. The minimum Gasteiger partial charge on any atom is -0.383 e. The van der Waals surface area contributed by atoms with E-state index in [1.807, 2.05) is 0 Å². The van der Waals surface area contributed by atoms with E-state index in [0.29, 0.717) is 31.8 Å². The molecule has 2 aromatic rings. The Morgan fingerprint density at radius 2 is 1.96 bits per heavy atom. The van der Waals surface area contributed by atoms with Crippen LogP contribution in [0.25, 0.3) is 0 Å². The van der Waals surface area contributed by atoms with E-state index in [0.717, 1.165) is 25.0 Å². The fourth-order valence-corrected chi connectivity index (χ4v) is 3.04. The van der Waals surface area contributed by atoms with Crippen LogP contribution in [-0.4, -0.2) is 41.6 Å². The molecule has 0 spiro atoms. The zero-order valence-electron chi connectivity index (χ0n) is 14.8. The third-order valence-electron chi connectivity index (χ3n) is 4.33. The van der Waals surface area contributed by atoms with Gasteiger partial charge in [-0.1, -0.05) is 6.07 Å². The molecule has 0 atom stereocenters. The summed E-state index contributed by atoms with van der Waals surface area (Å²) in [4.78, 5) is 29.2. The third kappa shape index (κ3) is 3.97. The standard InChI is InChI=1S/C18H20F2N4O3/c1-27-10-8-21-17(25)15-13-7-2-3-9-24(13)16(22-15)18(26)23-14-11(19)5-4-6-12(14)20/h4-6H,2-3,7-10H2,1H3,(H,21,25)(H,23,26). The second kappa shape index (κ2) is 8.26. The molecule has 2 amide bonds. The number of carbonyl (C=O) groups excluding carboxylic acids is 2. The molecule has 1 aromatic carbocycles. The first kappa shape index (κ1) is 19.0. The van der Waals surface area contributed by atoms with Crippen molar-refractivity contribution < 1.29 is 23.1 Å². The van der Waals surface area contributed by atoms with Crippen LogP contribution in [0.2, 0.25) is 0 Å². The number of halogens is 2. The first-order chi connectivity index (χ1) is 13.0. The summed E-state index contributed by atoms with van der Waals surface area (Å²) < 4.78 is 34.2. The predicted molar refractivity (Wildman–Crippen MR) is 93.7 cm³/mol. The maximum absolute atomic E-state index is 13.8. The van der Waals surface area contributed by atoms with Gasteiger partial charge in [0.1, 0.15) is 23.0 Å². The second-order valence-electron chi connectivity index (χ2n) is 6.14. The number of hydrogen-bond donors (Lipinski definition) is 2. The van der Waals surface area contributed by atoms with E-state index in [-0.39, 0.29) is 11.5 Å². The Kier molecular flexibility index (Phi) is 5.80. The van der Waals surface area contributed by atoms with E-state index in [9.17, 15) is 18.4 Å². The average molecular weight is 378 g/mol. The van der Waals surface area contributed by atoms with Gasteiger partial charge in [-0.05, 0) is 31.4 Å². The maximum atomic E-state index is 13.8. The van der Waals surface area contributed by atoms with Gasteiger partial charge in [-0.3, -0.25) is 9.59 Å². The van der Waals surface area contributed by atoms with Gasteiger partial charge in [0.25, 0.3) is 11.8 Å². The number of imidazole rings is 1. The van der Waals surface area contributed by atoms with Gasteiger partial charge >= 0.3 is 0 Å². The summed E-state index contributed by atoms with van der Waals surface area (Å²) in [5, 5.41) is 4.90. The average Bonchev–Trinajstić information content (AvgIpc) is 3.05. The van der Waals surface area contributed by atoms with E-state index in [4.69, 9.17) is 4.74 Å². The molecule has 2 N–H and O–H groups in total. The Morgan fingerprint density at radius 1 is 1.22 bits per heavy atom. The van der Waals surface area contributed by atoms with Gasteiger partial charge in [0.05, 0.1) is 12.3 Å². The molecule has 9 heteroatoms. The summed E-state index contributed by atoms with van der Waals surface area (Å²) in [6.07, 6.45) is 2.29. The molecule has 0 aliphatic carbocycles. The van der Waals surface area contributed by atoms with Crippen molar-refractivity contribution in [1.82, 2.24) is 14.9 Å². The molecule has 0 saturated heterocycles. The number of nitrogens with one attached hydrogen (secondary N) is 2. The van der Waals surface area contributed by atoms with Gasteiger partial charge in [-0.15, -0.1) is 0 Å². The van der Waals surface area contributed by atoms with Crippen molar-refractivity contribution >= 4 is 17.5 Å². The number of rotatable bonds is 6. The molecule has 1 aromatic heterocycles. The van der Waals surface area contributed by atoms with Gasteiger partial charge in [-0.25, -0.2) is 13.8 Å². The highest BCUT2D eigenvalue weighted by Gasteiger charge is 2.28. The number of anilines is 1. The predicted octanol–water partition coefficient (Wildman–Crippen LogP) is 2.13. The highest BCUT2D eigenvalue weighted by Crippen LogP contribution is 2.23. The van der Waals surface area contributed by atoms with E-state index >= 15 is 0 Å². The van der Waals surface area contributed by atoms with E-state index in [1.54, 1.807) is 4.57 Å². The summed E-state index contributed by atoms with van der Waals surface area (Å²) in [5.74, 6) is -2.98. The fraction of sp³-hybridized carbons (Fsp3) is 0.389. The number of hydrogen-bond acceptors (Lipinski definition) is 4. The first-order valence-electron chi connectivity index (χ1n) is 8.64. The van der Waals surface area contributed by atoms with Crippen LogP contribution in [0.5, 0.6) is 0 Å². The topological polar surface area (TPSA) is 85.2 Å². The highest BCUT2D eigenvalue weighted by atomic mass is 19.1. The highest BCUT2D eigenvalue weighted by molar-refractivity contribution is 6.03. The summed E-state index contributed by atoms with van der Waals surface area (Å²) in [6.45, 7) is 1.17. The largest absolute Gasteiger partial charge is 0.383 e. The lowest BCUT2D eigenvalue weighted by Crippen LogP contribution is -2.28. The number of para-hydroxylation sites is 1. The van der Waals surface area contributed by atoms with Crippen molar-refractivity contribution in [2.45, 2.75) is 25.8 Å². The summed E-state index contributed by atoms with van der Waals surface area (Å²) >= 11 is 0. The first-order valence-corrected chi connectivity index (χ1v) is 8.64. The molecule has 0 radical (unpaired) electrons. The van der Waals surface area contributed by atoms with Crippen molar-refractivity contribution in [3.8, 4) is 0 Å². The molecule has 2 heterocycles. The quantitative estimate of drug-likeness (QED) is 0.754. The molecule has 1 aliphatic heterocycles. The van der Waals surface area contributed by atoms with Gasteiger partial charge < -0.3 is 19.9 Å². The minimum absolute atomic E-state index is 0.0377. The maximum Gasteiger partial charge on any atom is 0.291 e. The van der Waals surface area contributed by atoms with Crippen molar-refractivity contribution in [1.29, 1.82) is 0 Å². The van der Waals surface area contributed by atoms with E-state index < -0.39 is 29.1 Å². The number of fused-ring (bicyclic) bond motifs is 1. The van der Waals surface area contributed by atoms with Gasteiger partial charge in [0, 0.05) is 20.2 Å². The number of amides is 2. The van der Waals surface area contributed by atoms with Crippen molar-refractivity contribution in [3.63, 3.8) is 0 Å². The molecule has 27 heavy (non-hydrogen) atoms. The van der Waals surface area contributed by atoms with E-state index in [1.165, 1.54) is 13.2 Å². The number of nitrogens with zero attached hydrogens (tertiary/aromatic N) is 2. The SMILES string of the molecule is COCCNC(=O)c1nc(C(=O)Nc2c(F)cccc2F)n2c1CCCC2. The van der Waals surface area contributed by atoms with Crippen molar-refractivity contribution in [3.05, 3.63) is 47.0 Å². The Hall–Kier alpha value is -2.81. The number of ether oxygens (including phenoxy) is 1. The van der Waals surface area contributed by atoms with Crippen LogP contribution in [0.3, 0.4) is 0 Å². The monoisotopic (exact) mass is 378 g/mol. The molecule has 0 unspecified atom stereocenters. The number of benzene rings is 1. The zero-order valence-corrected chi connectivity index (χ0v) is 14.8. The summed E-state index contributed by atoms with van der Waals surface area (Å²) in [7, 11) is 1.52. The van der Waals surface area contributed by atoms with Crippen LogP contribution < -0.4 is 10.6 Å². The molecule has 7 nitrogen and oxygen atoms in total. The van der Waals surface area contributed by atoms with Crippen LogP contribution in [0.4, 0.5) is 14.5 Å². The zero-order chi connectivity index (χ0) is 19.4. The van der Waals surface area contributed by atoms with Gasteiger partial charge in [0.15, 0.2) is 5.82 Å². The van der Waals surface area contributed by atoms with Crippen molar-refractivity contribution in [2.24, 2.45) is 0 Å². The van der Waals surface area contributed by atoms with Crippen LogP contribution in [-0.2, 0) is 17.7 Å². The number of aromatic nitrogens is 2. The lowest BCUT2D eigenvalue weighted by Gasteiger charge is -2.17. The molecule has 1 aliphatic rings. The van der Waals surface area contributed by atoms with Crippen LogP contribution in [0.15, 0.2) is 18.2 Å². The normalized spacial score (nSPS) is 13.1. The lowest BCUT2D eigenvalue weighted by molar-refractivity contribution is 0.0931. The Bertz CT molecular complexity index is 846. The van der Waals surface area contributed by atoms with Gasteiger partial charge in [-0.2, -0.15) is 0 Å². The number of carbonyl (C=O) groups is 2. The van der Waals surface area contributed by atoms with Crippen LogP contribution >= 0.6 is 0 Å². The molecule has 0 bridgehead atoms. The molecule has 3 rings (SSSR count). The Morgan fingerprint density at radius 3 is 2.67 bits per heavy atom. The second-order valence-corrected chi connectivity index (χ2v) is 6.14. The molecular weight excluding hydrogens is 358 g/mol. The molecule has 144 valence electrons. The summed E-state index contributed by atoms with van der Waals surface area (Å²) in [6, 6.07) is 3.31. The molecule has 0 saturated carbocycles. The third-order valence-corrected chi connectivity index (χ3v) is 4.33. The molecular formula is C18H20F2N4O3. The fourth-order valence-electron chi connectivity index (χ4n) is 3.04. The smallest absolute Gasteiger partial charge is 0.291 e. The Balaban J connectivity index is 1.89. The minimum atomic E-state index is -0.883. The lowest BCUT2D eigenvalue weighted by atomic mass is 10.1. The van der Waals surface area contributed by atoms with Gasteiger partial charge in [0.2, 0.25) is 0 Å². The van der Waals surface area contributed by atoms with Crippen LogP contribution in [0.1, 0.15) is 39.6 Å². The van der Waals surface area contributed by atoms with Crippen molar-refractivity contribution in [2.75, 3.05) is 25.6 Å². The molecule has 0 fully saturated rings. The van der Waals surface area contributed by atoms with Crippen LogP contribution in [0, 0.1) is 11.6 Å². The van der Waals surface area contributed by atoms with E-state index in [2.05, 4.69) is 15.6 Å². The number of methoxy groups -OCH3 is 1. The Labute approximate surface area is 154 Å².